The summed E-state index contributed by atoms with van der Waals surface area (Å²) >= 11 is 6.40. The Morgan fingerprint density at radius 2 is 1.80 bits per heavy atom. The average molecular weight is 285 g/mol. The fraction of sp³-hybridized carbons (Fsp3) is 0.235. The Morgan fingerprint density at radius 3 is 2.65 bits per heavy atom. The van der Waals surface area contributed by atoms with Gasteiger partial charge in [-0.15, -0.1) is 0 Å². The minimum atomic E-state index is 0.830. The quantitative estimate of drug-likeness (QED) is 0.911. The van der Waals surface area contributed by atoms with Crippen molar-refractivity contribution in [3.05, 3.63) is 63.9 Å². The SMILES string of the molecule is Clc1ccc2c(c1/C=C/c1ccncc1)CCNCC2. The summed E-state index contributed by atoms with van der Waals surface area (Å²) in [6.45, 7) is 2.06. The summed E-state index contributed by atoms with van der Waals surface area (Å²) in [4.78, 5) is 4.03. The highest BCUT2D eigenvalue weighted by Gasteiger charge is 2.12. The highest BCUT2D eigenvalue weighted by Crippen LogP contribution is 2.27. The van der Waals surface area contributed by atoms with Crippen molar-refractivity contribution in [3.8, 4) is 0 Å². The third kappa shape index (κ3) is 2.92. The molecule has 0 radical (unpaired) electrons. The van der Waals surface area contributed by atoms with Gasteiger partial charge in [0.2, 0.25) is 0 Å². The van der Waals surface area contributed by atoms with Crippen LogP contribution in [0.2, 0.25) is 5.02 Å². The maximum absolute atomic E-state index is 6.40. The van der Waals surface area contributed by atoms with Crippen LogP contribution in [-0.2, 0) is 12.8 Å². The molecule has 0 fully saturated rings. The van der Waals surface area contributed by atoms with E-state index in [2.05, 4.69) is 28.5 Å². The predicted octanol–water partition coefficient (Wildman–Crippen LogP) is 3.59. The largest absolute Gasteiger partial charge is 0.316 e. The summed E-state index contributed by atoms with van der Waals surface area (Å²) in [5.41, 5.74) is 5.09. The van der Waals surface area contributed by atoms with Gasteiger partial charge in [0, 0.05) is 17.4 Å². The number of rotatable bonds is 2. The highest BCUT2D eigenvalue weighted by atomic mass is 35.5. The molecule has 1 aliphatic rings. The van der Waals surface area contributed by atoms with Crippen LogP contribution in [0.5, 0.6) is 0 Å². The first kappa shape index (κ1) is 13.3. The fourth-order valence-electron chi connectivity index (χ4n) is 2.61. The van der Waals surface area contributed by atoms with E-state index >= 15 is 0 Å². The summed E-state index contributed by atoms with van der Waals surface area (Å²) in [6, 6.07) is 8.16. The molecule has 2 heterocycles. The summed E-state index contributed by atoms with van der Waals surface area (Å²) < 4.78 is 0. The number of halogens is 1. The molecule has 0 saturated heterocycles. The highest BCUT2D eigenvalue weighted by molar-refractivity contribution is 6.32. The number of hydrogen-bond donors (Lipinski definition) is 1. The molecule has 1 aromatic carbocycles. The van der Waals surface area contributed by atoms with E-state index in [0.717, 1.165) is 42.1 Å². The first-order valence-corrected chi connectivity index (χ1v) is 7.31. The monoisotopic (exact) mass is 284 g/mol. The Hall–Kier alpha value is -1.64. The van der Waals surface area contributed by atoms with E-state index in [0.29, 0.717) is 0 Å². The maximum atomic E-state index is 6.40. The molecule has 2 nitrogen and oxygen atoms in total. The molecule has 3 rings (SSSR count). The lowest BCUT2D eigenvalue weighted by molar-refractivity contribution is 0.711. The fourth-order valence-corrected chi connectivity index (χ4v) is 2.85. The Morgan fingerprint density at radius 1 is 1.00 bits per heavy atom. The van der Waals surface area contributed by atoms with Crippen LogP contribution >= 0.6 is 11.6 Å². The number of fused-ring (bicyclic) bond motifs is 1. The van der Waals surface area contributed by atoms with Crippen LogP contribution in [-0.4, -0.2) is 18.1 Å². The molecule has 1 aromatic heterocycles. The molecule has 20 heavy (non-hydrogen) atoms. The molecule has 0 unspecified atom stereocenters. The van der Waals surface area contributed by atoms with Gasteiger partial charge in [-0.1, -0.05) is 29.8 Å². The molecule has 0 amide bonds. The zero-order valence-corrected chi connectivity index (χ0v) is 12.0. The average Bonchev–Trinajstić information content (AvgIpc) is 2.73. The van der Waals surface area contributed by atoms with Gasteiger partial charge in [-0.05, 0) is 66.4 Å². The molecule has 2 aromatic rings. The topological polar surface area (TPSA) is 24.9 Å². The van der Waals surface area contributed by atoms with E-state index in [1.54, 1.807) is 12.4 Å². The second-order valence-corrected chi connectivity index (χ2v) is 5.37. The molecule has 3 heteroatoms. The minimum Gasteiger partial charge on any atom is -0.316 e. The van der Waals surface area contributed by atoms with Crippen LogP contribution < -0.4 is 5.32 Å². The summed E-state index contributed by atoms with van der Waals surface area (Å²) in [6.07, 6.45) is 9.94. The second-order valence-electron chi connectivity index (χ2n) is 4.96. The summed E-state index contributed by atoms with van der Waals surface area (Å²) in [5, 5.41) is 4.27. The lowest BCUT2D eigenvalue weighted by Crippen LogP contribution is -2.16. The first-order chi connectivity index (χ1) is 9.84. The number of benzene rings is 1. The normalized spacial score (nSPS) is 15.1. The Kier molecular flexibility index (Phi) is 4.14. The van der Waals surface area contributed by atoms with Gasteiger partial charge in [0.05, 0.1) is 0 Å². The maximum Gasteiger partial charge on any atom is 0.0481 e. The van der Waals surface area contributed by atoms with Crippen molar-refractivity contribution in [2.24, 2.45) is 0 Å². The molecular formula is C17H17ClN2. The molecule has 0 saturated carbocycles. The van der Waals surface area contributed by atoms with Crippen molar-refractivity contribution in [3.63, 3.8) is 0 Å². The molecule has 0 aliphatic carbocycles. The van der Waals surface area contributed by atoms with Crippen molar-refractivity contribution in [1.29, 1.82) is 0 Å². The van der Waals surface area contributed by atoms with E-state index in [-0.39, 0.29) is 0 Å². The van der Waals surface area contributed by atoms with Crippen LogP contribution in [0.4, 0.5) is 0 Å². The third-order valence-corrected chi connectivity index (χ3v) is 4.00. The van der Waals surface area contributed by atoms with Crippen molar-refractivity contribution in [1.82, 2.24) is 10.3 Å². The second kappa shape index (κ2) is 6.21. The third-order valence-electron chi connectivity index (χ3n) is 3.67. The van der Waals surface area contributed by atoms with Crippen LogP contribution in [0.3, 0.4) is 0 Å². The number of pyridine rings is 1. The predicted molar refractivity (Wildman–Crippen MR) is 84.9 cm³/mol. The zero-order chi connectivity index (χ0) is 13.8. The van der Waals surface area contributed by atoms with Gasteiger partial charge in [0.25, 0.3) is 0 Å². The molecule has 102 valence electrons. The van der Waals surface area contributed by atoms with E-state index in [9.17, 15) is 0 Å². The van der Waals surface area contributed by atoms with Crippen molar-refractivity contribution in [2.75, 3.05) is 13.1 Å². The molecule has 1 N–H and O–H groups in total. The molecule has 0 bridgehead atoms. The Labute approximate surface area is 124 Å². The first-order valence-electron chi connectivity index (χ1n) is 6.93. The smallest absolute Gasteiger partial charge is 0.0481 e. The minimum absolute atomic E-state index is 0.830. The molecular weight excluding hydrogens is 268 g/mol. The number of nitrogens with one attached hydrogen (secondary N) is 1. The van der Waals surface area contributed by atoms with Crippen LogP contribution in [0.25, 0.3) is 12.2 Å². The van der Waals surface area contributed by atoms with Gasteiger partial charge < -0.3 is 5.32 Å². The lowest BCUT2D eigenvalue weighted by atomic mass is 9.96. The van der Waals surface area contributed by atoms with E-state index in [1.165, 1.54) is 11.1 Å². The van der Waals surface area contributed by atoms with Crippen molar-refractivity contribution < 1.29 is 0 Å². The number of nitrogens with zero attached hydrogens (tertiary/aromatic N) is 1. The van der Waals surface area contributed by atoms with Crippen molar-refractivity contribution in [2.45, 2.75) is 12.8 Å². The van der Waals surface area contributed by atoms with Crippen LogP contribution in [0, 0.1) is 0 Å². The van der Waals surface area contributed by atoms with Gasteiger partial charge in [0.15, 0.2) is 0 Å². The van der Waals surface area contributed by atoms with E-state index in [1.807, 2.05) is 18.2 Å². The van der Waals surface area contributed by atoms with Crippen LogP contribution in [0.1, 0.15) is 22.3 Å². The number of hydrogen-bond acceptors (Lipinski definition) is 2. The lowest BCUT2D eigenvalue weighted by Gasteiger charge is -2.11. The zero-order valence-electron chi connectivity index (χ0n) is 11.3. The van der Waals surface area contributed by atoms with Gasteiger partial charge in [-0.25, -0.2) is 0 Å². The van der Waals surface area contributed by atoms with E-state index in [4.69, 9.17) is 11.6 Å². The van der Waals surface area contributed by atoms with Crippen molar-refractivity contribution >= 4 is 23.8 Å². The van der Waals surface area contributed by atoms with Gasteiger partial charge in [-0.2, -0.15) is 0 Å². The number of aromatic nitrogens is 1. The van der Waals surface area contributed by atoms with Gasteiger partial charge in [0.1, 0.15) is 0 Å². The molecule has 0 spiro atoms. The Bertz CT molecular complexity index is 620. The van der Waals surface area contributed by atoms with Crippen LogP contribution in [0.15, 0.2) is 36.7 Å². The van der Waals surface area contributed by atoms with Gasteiger partial charge in [-0.3, -0.25) is 4.98 Å². The molecule has 0 atom stereocenters. The Balaban J connectivity index is 1.98. The standard InChI is InChI=1S/C17H17ClN2/c18-17-4-2-14-7-11-20-12-8-15(14)16(17)3-1-13-5-9-19-10-6-13/h1-6,9-10,20H,7-8,11-12H2/b3-1+. The summed E-state index contributed by atoms with van der Waals surface area (Å²) in [5.74, 6) is 0. The van der Waals surface area contributed by atoms with E-state index < -0.39 is 0 Å². The van der Waals surface area contributed by atoms with Gasteiger partial charge >= 0.3 is 0 Å². The summed E-state index contributed by atoms with van der Waals surface area (Å²) in [7, 11) is 0. The molecule has 1 aliphatic heterocycles.